The van der Waals surface area contributed by atoms with E-state index in [-0.39, 0.29) is 0 Å². The number of nitrogens with zero attached hydrogens (tertiary/aromatic N) is 4. The van der Waals surface area contributed by atoms with Crippen LogP contribution in [0.15, 0.2) is 48.9 Å². The molecule has 1 fully saturated rings. The third-order valence-electron chi connectivity index (χ3n) is 4.64. The number of pyridine rings is 2. The van der Waals surface area contributed by atoms with Crippen molar-refractivity contribution in [3.63, 3.8) is 0 Å². The lowest BCUT2D eigenvalue weighted by molar-refractivity contribution is 0.648. The average molecular weight is 339 g/mol. The van der Waals surface area contributed by atoms with Crippen molar-refractivity contribution in [1.82, 2.24) is 9.97 Å². The second-order valence-corrected chi connectivity index (χ2v) is 6.57. The first kappa shape index (κ1) is 15.2. The van der Waals surface area contributed by atoms with Crippen LogP contribution in [0.2, 0.25) is 5.02 Å². The van der Waals surface area contributed by atoms with E-state index in [0.29, 0.717) is 0 Å². The smallest absolute Gasteiger partial charge is 0.138 e. The molecule has 0 amide bonds. The van der Waals surface area contributed by atoms with Crippen molar-refractivity contribution in [2.45, 2.75) is 6.92 Å². The van der Waals surface area contributed by atoms with Crippen molar-refractivity contribution in [3.8, 4) is 0 Å². The van der Waals surface area contributed by atoms with Crippen LogP contribution < -0.4 is 9.80 Å². The first-order valence-electron chi connectivity index (χ1n) is 8.17. The Bertz CT molecular complexity index is 867. The van der Waals surface area contributed by atoms with E-state index in [4.69, 9.17) is 11.6 Å². The highest BCUT2D eigenvalue weighted by Crippen LogP contribution is 2.28. The second kappa shape index (κ2) is 6.29. The van der Waals surface area contributed by atoms with Crippen molar-refractivity contribution in [2.24, 2.45) is 0 Å². The molecule has 0 N–H and O–H groups in total. The summed E-state index contributed by atoms with van der Waals surface area (Å²) < 4.78 is 0. The molecule has 122 valence electrons. The molecule has 3 heterocycles. The maximum atomic E-state index is 6.17. The summed E-state index contributed by atoms with van der Waals surface area (Å²) in [6.07, 6.45) is 5.61. The number of aromatic nitrogens is 2. The van der Waals surface area contributed by atoms with Crippen molar-refractivity contribution in [2.75, 3.05) is 36.0 Å². The van der Waals surface area contributed by atoms with Crippen LogP contribution in [0.5, 0.6) is 0 Å². The Labute approximate surface area is 146 Å². The highest BCUT2D eigenvalue weighted by atomic mass is 35.5. The Hall–Kier alpha value is -2.33. The SMILES string of the molecule is Cc1ccc(Cl)cc1N1CCN(c2nccc3ccncc23)CC1. The zero-order valence-electron chi connectivity index (χ0n) is 13.6. The zero-order chi connectivity index (χ0) is 16.5. The molecule has 4 rings (SSSR count). The van der Waals surface area contributed by atoms with Gasteiger partial charge in [-0.05, 0) is 42.1 Å². The molecule has 1 aliphatic heterocycles. The summed E-state index contributed by atoms with van der Waals surface area (Å²) in [5.74, 6) is 1.03. The van der Waals surface area contributed by atoms with Gasteiger partial charge >= 0.3 is 0 Å². The van der Waals surface area contributed by atoms with Crippen LogP contribution in [0.4, 0.5) is 11.5 Å². The van der Waals surface area contributed by atoms with Crippen LogP contribution in [-0.4, -0.2) is 36.1 Å². The first-order valence-corrected chi connectivity index (χ1v) is 8.55. The highest BCUT2D eigenvalue weighted by molar-refractivity contribution is 6.30. The van der Waals surface area contributed by atoms with Crippen LogP contribution in [0.3, 0.4) is 0 Å². The van der Waals surface area contributed by atoms with Gasteiger partial charge in [0.2, 0.25) is 0 Å². The molecule has 1 saturated heterocycles. The Morgan fingerprint density at radius 2 is 1.71 bits per heavy atom. The molecule has 4 nitrogen and oxygen atoms in total. The molecule has 24 heavy (non-hydrogen) atoms. The van der Waals surface area contributed by atoms with Gasteiger partial charge in [-0.15, -0.1) is 0 Å². The van der Waals surface area contributed by atoms with Crippen molar-refractivity contribution >= 4 is 33.9 Å². The molecule has 0 aliphatic carbocycles. The second-order valence-electron chi connectivity index (χ2n) is 6.14. The number of hydrogen-bond donors (Lipinski definition) is 0. The van der Waals surface area contributed by atoms with Gasteiger partial charge in [-0.1, -0.05) is 17.7 Å². The fourth-order valence-corrected chi connectivity index (χ4v) is 3.50. The summed E-state index contributed by atoms with van der Waals surface area (Å²) in [5.41, 5.74) is 2.50. The monoisotopic (exact) mass is 338 g/mol. The Morgan fingerprint density at radius 3 is 2.54 bits per heavy atom. The van der Waals surface area contributed by atoms with Crippen molar-refractivity contribution in [3.05, 3.63) is 59.5 Å². The Kier molecular flexibility index (Phi) is 3.98. The van der Waals surface area contributed by atoms with Gasteiger partial charge in [-0.25, -0.2) is 4.98 Å². The van der Waals surface area contributed by atoms with Crippen LogP contribution in [0, 0.1) is 6.92 Å². The number of benzene rings is 1. The fraction of sp³-hybridized carbons (Fsp3) is 0.263. The summed E-state index contributed by atoms with van der Waals surface area (Å²) in [6, 6.07) is 10.2. The van der Waals surface area contributed by atoms with E-state index in [1.54, 1.807) is 0 Å². The van der Waals surface area contributed by atoms with Crippen molar-refractivity contribution < 1.29 is 0 Å². The van der Waals surface area contributed by atoms with Gasteiger partial charge in [0.05, 0.1) is 0 Å². The molecule has 1 aliphatic rings. The lowest BCUT2D eigenvalue weighted by atomic mass is 10.1. The number of fused-ring (bicyclic) bond motifs is 1. The molecule has 5 heteroatoms. The van der Waals surface area contributed by atoms with Crippen LogP contribution in [-0.2, 0) is 0 Å². The number of piperazine rings is 1. The number of halogens is 1. The third-order valence-corrected chi connectivity index (χ3v) is 4.87. The zero-order valence-corrected chi connectivity index (χ0v) is 14.4. The predicted molar refractivity (Wildman–Crippen MR) is 100 cm³/mol. The molecule has 0 saturated carbocycles. The minimum absolute atomic E-state index is 0.792. The molecule has 3 aromatic rings. The molecular formula is C19H19ClN4. The average Bonchev–Trinajstić information content (AvgIpc) is 2.63. The summed E-state index contributed by atoms with van der Waals surface area (Å²) in [4.78, 5) is 13.6. The van der Waals surface area contributed by atoms with Gasteiger partial charge in [-0.2, -0.15) is 0 Å². The maximum absolute atomic E-state index is 6.17. The summed E-state index contributed by atoms with van der Waals surface area (Å²) in [6.45, 7) is 5.93. The number of aryl methyl sites for hydroxylation is 1. The van der Waals surface area contributed by atoms with E-state index < -0.39 is 0 Å². The third kappa shape index (κ3) is 2.78. The number of hydrogen-bond acceptors (Lipinski definition) is 4. The minimum Gasteiger partial charge on any atom is -0.368 e. The minimum atomic E-state index is 0.792. The lowest BCUT2D eigenvalue weighted by Crippen LogP contribution is -2.47. The Balaban J connectivity index is 1.57. The van der Waals surface area contributed by atoms with E-state index in [1.807, 2.05) is 36.8 Å². The van der Waals surface area contributed by atoms with Gasteiger partial charge in [0, 0.05) is 60.9 Å². The molecule has 1 aromatic carbocycles. The van der Waals surface area contributed by atoms with Gasteiger partial charge < -0.3 is 9.80 Å². The van der Waals surface area contributed by atoms with E-state index in [1.165, 1.54) is 16.6 Å². The van der Waals surface area contributed by atoms with E-state index >= 15 is 0 Å². The van der Waals surface area contributed by atoms with Crippen LogP contribution in [0.25, 0.3) is 10.8 Å². The van der Waals surface area contributed by atoms with Gasteiger partial charge in [-0.3, -0.25) is 4.98 Å². The van der Waals surface area contributed by atoms with E-state index in [9.17, 15) is 0 Å². The normalized spacial score (nSPS) is 15.1. The molecule has 2 aromatic heterocycles. The van der Waals surface area contributed by atoms with Gasteiger partial charge in [0.15, 0.2) is 0 Å². The molecule has 0 radical (unpaired) electrons. The largest absolute Gasteiger partial charge is 0.368 e. The van der Waals surface area contributed by atoms with Crippen molar-refractivity contribution in [1.29, 1.82) is 0 Å². The summed E-state index contributed by atoms with van der Waals surface area (Å²) >= 11 is 6.17. The maximum Gasteiger partial charge on any atom is 0.138 e. The first-order chi connectivity index (χ1) is 11.7. The quantitative estimate of drug-likeness (QED) is 0.709. The lowest BCUT2D eigenvalue weighted by Gasteiger charge is -2.37. The number of rotatable bonds is 2. The van der Waals surface area contributed by atoms with E-state index in [0.717, 1.165) is 42.4 Å². The van der Waals surface area contributed by atoms with Gasteiger partial charge in [0.1, 0.15) is 5.82 Å². The predicted octanol–water partition coefficient (Wildman–Crippen LogP) is 3.92. The standard InChI is InChI=1S/C19H19ClN4/c1-14-2-3-16(20)12-18(14)23-8-10-24(11-9-23)19-17-13-21-6-4-15(17)5-7-22-19/h2-7,12-13H,8-11H2,1H3. The fourth-order valence-electron chi connectivity index (χ4n) is 3.33. The summed E-state index contributed by atoms with van der Waals surface area (Å²) in [5, 5.41) is 3.09. The molecule has 0 unspecified atom stereocenters. The molecule has 0 spiro atoms. The molecule has 0 bridgehead atoms. The van der Waals surface area contributed by atoms with Crippen LogP contribution in [0.1, 0.15) is 5.56 Å². The molecule has 0 atom stereocenters. The van der Waals surface area contributed by atoms with E-state index in [2.05, 4.69) is 38.8 Å². The molecular weight excluding hydrogens is 320 g/mol. The topological polar surface area (TPSA) is 32.3 Å². The number of anilines is 2. The Morgan fingerprint density at radius 1 is 0.958 bits per heavy atom. The van der Waals surface area contributed by atoms with Crippen LogP contribution >= 0.6 is 11.6 Å². The highest BCUT2D eigenvalue weighted by Gasteiger charge is 2.21. The summed E-state index contributed by atoms with van der Waals surface area (Å²) in [7, 11) is 0. The van der Waals surface area contributed by atoms with Gasteiger partial charge in [0.25, 0.3) is 0 Å².